The molecule has 0 aliphatic carbocycles. The minimum absolute atomic E-state index is 0.00504. The molecule has 1 aromatic heterocycles. The molecule has 1 saturated heterocycles. The number of aliphatic carboxylic acids is 1. The van der Waals surface area contributed by atoms with Crippen molar-refractivity contribution in [1.82, 2.24) is 24.9 Å². The number of para-hydroxylation sites is 1. The summed E-state index contributed by atoms with van der Waals surface area (Å²) in [6.45, 7) is 8.34. The lowest BCUT2D eigenvalue weighted by Gasteiger charge is -2.35. The maximum absolute atomic E-state index is 13.1. The molecular formula is C28H37F3N6O8. The summed E-state index contributed by atoms with van der Waals surface area (Å²) in [7, 11) is 0. The molecule has 1 aliphatic heterocycles. The molecule has 4 N–H and O–H groups in total. The van der Waals surface area contributed by atoms with Gasteiger partial charge in [0.2, 0.25) is 11.8 Å². The molecule has 0 saturated carbocycles. The van der Waals surface area contributed by atoms with E-state index in [2.05, 4.69) is 10.4 Å². The van der Waals surface area contributed by atoms with Crippen LogP contribution in [0.25, 0.3) is 5.69 Å². The Labute approximate surface area is 257 Å². The van der Waals surface area contributed by atoms with Gasteiger partial charge in [-0.25, -0.2) is 14.3 Å². The number of carbonyl (C=O) groups excluding carboxylic acids is 4. The van der Waals surface area contributed by atoms with Crippen LogP contribution in [-0.4, -0.2) is 113 Å². The Morgan fingerprint density at radius 3 is 2.07 bits per heavy atom. The van der Waals surface area contributed by atoms with Crippen molar-refractivity contribution >= 4 is 29.7 Å². The molecule has 17 heteroatoms. The quantitative estimate of drug-likeness (QED) is 0.365. The molecular weight excluding hydrogens is 605 g/mol. The van der Waals surface area contributed by atoms with E-state index in [-0.39, 0.29) is 43.0 Å². The highest BCUT2D eigenvalue weighted by molar-refractivity contribution is 5.96. The maximum atomic E-state index is 13.1. The Morgan fingerprint density at radius 2 is 1.58 bits per heavy atom. The van der Waals surface area contributed by atoms with Crippen molar-refractivity contribution in [3.05, 3.63) is 42.1 Å². The molecule has 1 fully saturated rings. The highest BCUT2D eigenvalue weighted by atomic mass is 19.4. The van der Waals surface area contributed by atoms with Crippen LogP contribution in [0.5, 0.6) is 5.88 Å². The normalized spacial score (nSPS) is 14.0. The average molecular weight is 643 g/mol. The van der Waals surface area contributed by atoms with Crippen LogP contribution in [0, 0.1) is 5.41 Å². The smallest absolute Gasteiger partial charge is 0.475 e. The van der Waals surface area contributed by atoms with Crippen molar-refractivity contribution in [2.75, 3.05) is 45.9 Å². The number of carboxylic acids is 1. The molecule has 1 atom stereocenters. The highest BCUT2D eigenvalue weighted by Gasteiger charge is 2.38. The van der Waals surface area contributed by atoms with E-state index in [0.717, 1.165) is 0 Å². The van der Waals surface area contributed by atoms with Gasteiger partial charge in [-0.15, -0.1) is 0 Å². The molecule has 3 rings (SSSR count). The van der Waals surface area contributed by atoms with Gasteiger partial charge in [-0.3, -0.25) is 14.4 Å². The van der Waals surface area contributed by atoms with Gasteiger partial charge in [0, 0.05) is 44.2 Å². The van der Waals surface area contributed by atoms with E-state index in [0.29, 0.717) is 31.9 Å². The SMILES string of the molecule is CCOC(=O)N1CCN(C(=O)[C@H](CN)NC(=O)c2cc(OCC(=O)C(C)(C)C)n(-c3ccccc3)n2)CC1.O=C(O)C(F)(F)F. The number of nitrogens with zero attached hydrogens (tertiary/aromatic N) is 4. The second kappa shape index (κ2) is 15.9. The number of ketones is 1. The number of carbonyl (C=O) groups is 5. The predicted octanol–water partition coefficient (Wildman–Crippen LogP) is 1.86. The van der Waals surface area contributed by atoms with Crippen LogP contribution < -0.4 is 15.8 Å². The molecule has 1 aliphatic rings. The van der Waals surface area contributed by atoms with Crippen molar-refractivity contribution < 1.29 is 51.7 Å². The van der Waals surface area contributed by atoms with Crippen LogP contribution in [0.1, 0.15) is 38.2 Å². The van der Waals surface area contributed by atoms with Gasteiger partial charge >= 0.3 is 18.2 Å². The molecule has 0 unspecified atom stereocenters. The van der Waals surface area contributed by atoms with Gasteiger partial charge in [0.15, 0.2) is 11.5 Å². The number of hydrogen-bond donors (Lipinski definition) is 3. The molecule has 0 spiro atoms. The third kappa shape index (κ3) is 10.8. The van der Waals surface area contributed by atoms with Gasteiger partial charge in [0.25, 0.3) is 5.91 Å². The summed E-state index contributed by atoms with van der Waals surface area (Å²) in [5.41, 5.74) is 5.89. The lowest BCUT2D eigenvalue weighted by Crippen LogP contribution is -2.57. The molecule has 0 radical (unpaired) electrons. The summed E-state index contributed by atoms with van der Waals surface area (Å²) in [5.74, 6) is -3.61. The average Bonchev–Trinajstić information content (AvgIpc) is 3.42. The first kappa shape index (κ1) is 36.5. The lowest BCUT2D eigenvalue weighted by molar-refractivity contribution is -0.192. The van der Waals surface area contributed by atoms with Crippen LogP contribution in [0.3, 0.4) is 0 Å². The van der Waals surface area contributed by atoms with E-state index in [9.17, 15) is 32.3 Å². The van der Waals surface area contributed by atoms with Gasteiger partial charge in [-0.1, -0.05) is 39.0 Å². The molecule has 2 heterocycles. The topological polar surface area (TPSA) is 186 Å². The summed E-state index contributed by atoms with van der Waals surface area (Å²) >= 11 is 0. The number of benzene rings is 1. The number of ether oxygens (including phenoxy) is 2. The number of hydrogen-bond acceptors (Lipinski definition) is 9. The first-order valence-corrected chi connectivity index (χ1v) is 13.8. The molecule has 45 heavy (non-hydrogen) atoms. The first-order valence-electron chi connectivity index (χ1n) is 13.8. The van der Waals surface area contributed by atoms with E-state index in [1.165, 1.54) is 15.6 Å². The van der Waals surface area contributed by atoms with Crippen LogP contribution in [0.15, 0.2) is 36.4 Å². The summed E-state index contributed by atoms with van der Waals surface area (Å²) in [5, 5.41) is 14.2. The minimum Gasteiger partial charge on any atom is -0.475 e. The molecule has 1 aromatic carbocycles. The number of carboxylic acid groups (broad SMARTS) is 1. The number of nitrogens with two attached hydrogens (primary N) is 1. The van der Waals surface area contributed by atoms with Crippen LogP contribution in [-0.2, 0) is 19.1 Å². The zero-order chi connectivity index (χ0) is 33.9. The second-order valence-corrected chi connectivity index (χ2v) is 10.7. The number of aromatic nitrogens is 2. The van der Waals surface area contributed by atoms with E-state index < -0.39 is 35.6 Å². The van der Waals surface area contributed by atoms with Crippen molar-refractivity contribution in [2.24, 2.45) is 11.1 Å². The first-order chi connectivity index (χ1) is 21.0. The van der Waals surface area contributed by atoms with Gasteiger partial charge in [-0.2, -0.15) is 18.3 Å². The molecule has 14 nitrogen and oxygen atoms in total. The zero-order valence-corrected chi connectivity index (χ0v) is 25.3. The molecule has 248 valence electrons. The summed E-state index contributed by atoms with van der Waals surface area (Å²) in [6.07, 6.45) is -5.50. The number of piperazine rings is 1. The number of halogens is 3. The van der Waals surface area contributed by atoms with Crippen molar-refractivity contribution in [1.29, 1.82) is 0 Å². The number of nitrogens with one attached hydrogen (secondary N) is 1. The van der Waals surface area contributed by atoms with Crippen LogP contribution in [0.4, 0.5) is 18.0 Å². The van der Waals surface area contributed by atoms with Crippen molar-refractivity contribution in [3.8, 4) is 11.6 Å². The second-order valence-electron chi connectivity index (χ2n) is 10.7. The van der Waals surface area contributed by atoms with Gasteiger partial charge in [-0.05, 0) is 19.1 Å². The third-order valence-electron chi connectivity index (χ3n) is 6.30. The minimum atomic E-state index is -5.08. The van der Waals surface area contributed by atoms with Gasteiger partial charge in [0.1, 0.15) is 12.6 Å². The van der Waals surface area contributed by atoms with E-state index >= 15 is 0 Å². The number of alkyl halides is 3. The number of amides is 3. The van der Waals surface area contributed by atoms with Crippen LogP contribution >= 0.6 is 0 Å². The fourth-order valence-electron chi connectivity index (χ4n) is 3.69. The Morgan fingerprint density at radius 1 is 1.02 bits per heavy atom. The number of rotatable bonds is 9. The van der Waals surface area contributed by atoms with Crippen molar-refractivity contribution in [2.45, 2.75) is 39.9 Å². The predicted molar refractivity (Wildman–Crippen MR) is 153 cm³/mol. The molecule has 0 bridgehead atoms. The Hall–Kier alpha value is -4.67. The lowest BCUT2D eigenvalue weighted by atomic mass is 9.91. The Kier molecular flexibility index (Phi) is 12.9. The van der Waals surface area contributed by atoms with E-state index in [4.69, 9.17) is 25.1 Å². The largest absolute Gasteiger partial charge is 0.490 e. The fraction of sp³-hybridized carbons (Fsp3) is 0.500. The van der Waals surface area contributed by atoms with Gasteiger partial charge < -0.3 is 35.4 Å². The van der Waals surface area contributed by atoms with Crippen LogP contribution in [0.2, 0.25) is 0 Å². The summed E-state index contributed by atoms with van der Waals surface area (Å²) in [6, 6.07) is 9.48. The molecule has 2 aromatic rings. The number of Topliss-reactive ketones (excluding diaryl/α,β-unsaturated/α-hetero) is 1. The van der Waals surface area contributed by atoms with E-state index in [1.807, 2.05) is 18.2 Å². The highest BCUT2D eigenvalue weighted by Crippen LogP contribution is 2.22. The third-order valence-corrected chi connectivity index (χ3v) is 6.30. The zero-order valence-electron chi connectivity index (χ0n) is 25.3. The molecule has 3 amide bonds. The monoisotopic (exact) mass is 642 g/mol. The van der Waals surface area contributed by atoms with Gasteiger partial charge in [0.05, 0.1) is 12.3 Å². The fourth-order valence-corrected chi connectivity index (χ4v) is 3.69. The van der Waals surface area contributed by atoms with E-state index in [1.54, 1.807) is 44.7 Å². The summed E-state index contributed by atoms with van der Waals surface area (Å²) in [4.78, 5) is 62.5. The van der Waals surface area contributed by atoms with Crippen molar-refractivity contribution in [3.63, 3.8) is 0 Å². The maximum Gasteiger partial charge on any atom is 0.490 e. The standard InChI is InChI=1S/C26H36N6O6.C2HF3O2/c1-5-37-25(36)31-13-11-30(12-14-31)24(35)20(16-27)28-23(34)19-15-22(38-17-21(33)26(2,3)4)32(29-19)18-9-7-6-8-10-18;3-2(4,5)1(6)7/h6-10,15,20H,5,11-14,16-17,27H2,1-4H3,(H,28,34);(H,6,7)/t20-;/m0./s1. The summed E-state index contributed by atoms with van der Waals surface area (Å²) < 4.78 is 43.9. The Bertz CT molecular complexity index is 1340. The Balaban J connectivity index is 0.000000900.